The van der Waals surface area contributed by atoms with Crippen LogP contribution in [0, 0.1) is 5.92 Å². The Kier molecular flexibility index (Phi) is 4.45. The van der Waals surface area contributed by atoms with Gasteiger partial charge in [-0.3, -0.25) is 0 Å². The van der Waals surface area contributed by atoms with E-state index in [1.807, 2.05) is 0 Å². The second kappa shape index (κ2) is 5.86. The van der Waals surface area contributed by atoms with Crippen LogP contribution >= 0.6 is 0 Å². The molecule has 0 bridgehead atoms. The van der Waals surface area contributed by atoms with E-state index in [-0.39, 0.29) is 0 Å². The summed E-state index contributed by atoms with van der Waals surface area (Å²) in [6, 6.07) is 0. The lowest BCUT2D eigenvalue weighted by Crippen LogP contribution is -2.37. The van der Waals surface area contributed by atoms with Gasteiger partial charge < -0.3 is 10.1 Å². The highest BCUT2D eigenvalue weighted by Gasteiger charge is 2.27. The fourth-order valence-electron chi connectivity index (χ4n) is 3.00. The lowest BCUT2D eigenvalue weighted by atomic mass is 9.84. The molecule has 0 aromatic heterocycles. The molecule has 1 aliphatic heterocycles. The average molecular weight is 211 g/mol. The molecular weight excluding hydrogens is 186 g/mol. The molecule has 1 aliphatic carbocycles. The van der Waals surface area contributed by atoms with E-state index in [1.165, 1.54) is 44.9 Å². The van der Waals surface area contributed by atoms with Crippen LogP contribution in [0.5, 0.6) is 0 Å². The van der Waals surface area contributed by atoms with Crippen LogP contribution in [-0.4, -0.2) is 25.3 Å². The van der Waals surface area contributed by atoms with Crippen LogP contribution in [0.15, 0.2) is 0 Å². The van der Waals surface area contributed by atoms with Crippen LogP contribution in [0.2, 0.25) is 0 Å². The van der Waals surface area contributed by atoms with Crippen LogP contribution in [0.3, 0.4) is 0 Å². The van der Waals surface area contributed by atoms with E-state index in [1.54, 1.807) is 0 Å². The number of hydrogen-bond donors (Lipinski definition) is 1. The number of hydrogen-bond acceptors (Lipinski definition) is 2. The highest BCUT2D eigenvalue weighted by molar-refractivity contribution is 4.78. The minimum absolute atomic E-state index is 0.545. The third-order valence-electron chi connectivity index (χ3n) is 4.02. The summed E-state index contributed by atoms with van der Waals surface area (Å²) < 4.78 is 6.30. The molecule has 1 saturated carbocycles. The Bertz CT molecular complexity index is 177. The summed E-state index contributed by atoms with van der Waals surface area (Å²) in [4.78, 5) is 0. The van der Waals surface area contributed by atoms with Crippen molar-refractivity contribution in [3.63, 3.8) is 0 Å². The second-order valence-corrected chi connectivity index (χ2v) is 5.08. The van der Waals surface area contributed by atoms with Gasteiger partial charge in [0.15, 0.2) is 0 Å². The van der Waals surface area contributed by atoms with E-state index < -0.39 is 0 Å². The molecule has 15 heavy (non-hydrogen) atoms. The Morgan fingerprint density at radius 2 is 1.80 bits per heavy atom. The van der Waals surface area contributed by atoms with Crippen molar-refractivity contribution in [1.82, 2.24) is 5.32 Å². The van der Waals surface area contributed by atoms with Gasteiger partial charge in [-0.05, 0) is 44.7 Å². The lowest BCUT2D eigenvalue weighted by molar-refractivity contribution is -0.0704. The van der Waals surface area contributed by atoms with Crippen molar-refractivity contribution in [2.24, 2.45) is 5.92 Å². The molecule has 1 heterocycles. The summed E-state index contributed by atoms with van der Waals surface area (Å²) in [6.07, 6.45) is 10.4. The van der Waals surface area contributed by atoms with Crippen molar-refractivity contribution in [2.75, 3.05) is 13.1 Å². The van der Waals surface area contributed by atoms with E-state index in [4.69, 9.17) is 4.74 Å². The lowest BCUT2D eigenvalue weighted by Gasteiger charge is -2.35. The number of piperidine rings is 1. The zero-order valence-electron chi connectivity index (χ0n) is 10.0. The summed E-state index contributed by atoms with van der Waals surface area (Å²) in [7, 11) is 0. The number of nitrogens with one attached hydrogen (secondary N) is 1. The van der Waals surface area contributed by atoms with Gasteiger partial charge in [-0.25, -0.2) is 0 Å². The summed E-state index contributed by atoms with van der Waals surface area (Å²) in [5.41, 5.74) is 0. The van der Waals surface area contributed by atoms with Crippen LogP contribution in [0.25, 0.3) is 0 Å². The first kappa shape index (κ1) is 11.4. The molecule has 0 aromatic rings. The highest BCUT2D eigenvalue weighted by Crippen LogP contribution is 2.30. The SMILES string of the molecule is CCC1CCCCC1OC1CCNCC1. The quantitative estimate of drug-likeness (QED) is 0.775. The second-order valence-electron chi connectivity index (χ2n) is 5.08. The maximum Gasteiger partial charge on any atom is 0.0607 e. The highest BCUT2D eigenvalue weighted by atomic mass is 16.5. The molecule has 0 amide bonds. The minimum Gasteiger partial charge on any atom is -0.375 e. The first-order chi connectivity index (χ1) is 7.40. The number of rotatable bonds is 3. The topological polar surface area (TPSA) is 21.3 Å². The predicted octanol–water partition coefficient (Wildman–Crippen LogP) is 2.72. The van der Waals surface area contributed by atoms with Crippen molar-refractivity contribution in [3.05, 3.63) is 0 Å². The van der Waals surface area contributed by atoms with E-state index in [0.29, 0.717) is 12.2 Å². The van der Waals surface area contributed by atoms with Crippen molar-refractivity contribution < 1.29 is 4.74 Å². The monoisotopic (exact) mass is 211 g/mol. The summed E-state index contributed by atoms with van der Waals surface area (Å²) in [6.45, 7) is 4.61. The maximum atomic E-state index is 6.30. The molecule has 2 fully saturated rings. The summed E-state index contributed by atoms with van der Waals surface area (Å²) >= 11 is 0. The summed E-state index contributed by atoms with van der Waals surface area (Å²) in [5.74, 6) is 0.841. The Morgan fingerprint density at radius 3 is 2.53 bits per heavy atom. The molecular formula is C13H25NO. The van der Waals surface area contributed by atoms with Gasteiger partial charge in [0.2, 0.25) is 0 Å². The normalized spacial score (nSPS) is 34.2. The maximum absolute atomic E-state index is 6.30. The van der Waals surface area contributed by atoms with Crippen molar-refractivity contribution in [1.29, 1.82) is 0 Å². The molecule has 0 radical (unpaired) electrons. The molecule has 2 aliphatic rings. The van der Waals surface area contributed by atoms with Crippen LogP contribution < -0.4 is 5.32 Å². The molecule has 2 nitrogen and oxygen atoms in total. The largest absolute Gasteiger partial charge is 0.375 e. The van der Waals surface area contributed by atoms with Gasteiger partial charge in [0, 0.05) is 0 Å². The van der Waals surface area contributed by atoms with E-state index in [0.717, 1.165) is 19.0 Å². The zero-order valence-corrected chi connectivity index (χ0v) is 10.0. The van der Waals surface area contributed by atoms with Gasteiger partial charge in [-0.2, -0.15) is 0 Å². The van der Waals surface area contributed by atoms with Gasteiger partial charge in [-0.1, -0.05) is 26.2 Å². The molecule has 1 N–H and O–H groups in total. The molecule has 2 rings (SSSR count). The Morgan fingerprint density at radius 1 is 1.07 bits per heavy atom. The smallest absolute Gasteiger partial charge is 0.0607 e. The standard InChI is InChI=1S/C13H25NO/c1-2-11-5-3-4-6-13(11)15-12-7-9-14-10-8-12/h11-14H,2-10H2,1H3. The van der Waals surface area contributed by atoms with Crippen LogP contribution in [-0.2, 0) is 4.74 Å². The third kappa shape index (κ3) is 3.18. The molecule has 0 spiro atoms. The number of ether oxygens (including phenoxy) is 1. The average Bonchev–Trinajstić information content (AvgIpc) is 2.31. The fourth-order valence-corrected chi connectivity index (χ4v) is 3.00. The van der Waals surface area contributed by atoms with Gasteiger partial charge >= 0.3 is 0 Å². The van der Waals surface area contributed by atoms with Gasteiger partial charge in [0.25, 0.3) is 0 Å². The summed E-state index contributed by atoms with van der Waals surface area (Å²) in [5, 5.41) is 3.40. The Labute approximate surface area is 93.8 Å². The van der Waals surface area contributed by atoms with Crippen molar-refractivity contribution >= 4 is 0 Å². The van der Waals surface area contributed by atoms with E-state index in [9.17, 15) is 0 Å². The third-order valence-corrected chi connectivity index (χ3v) is 4.02. The molecule has 2 atom stereocenters. The zero-order chi connectivity index (χ0) is 10.5. The van der Waals surface area contributed by atoms with Crippen LogP contribution in [0.1, 0.15) is 51.9 Å². The predicted molar refractivity (Wildman–Crippen MR) is 63.0 cm³/mol. The van der Waals surface area contributed by atoms with Crippen molar-refractivity contribution in [3.8, 4) is 0 Å². The van der Waals surface area contributed by atoms with Crippen molar-refractivity contribution in [2.45, 2.75) is 64.1 Å². The van der Waals surface area contributed by atoms with E-state index >= 15 is 0 Å². The first-order valence-corrected chi connectivity index (χ1v) is 6.76. The van der Waals surface area contributed by atoms with E-state index in [2.05, 4.69) is 12.2 Å². The van der Waals surface area contributed by atoms with Gasteiger partial charge in [0.05, 0.1) is 12.2 Å². The molecule has 2 unspecified atom stereocenters. The molecule has 88 valence electrons. The molecule has 2 heteroatoms. The molecule has 1 saturated heterocycles. The Balaban J connectivity index is 1.79. The first-order valence-electron chi connectivity index (χ1n) is 6.76. The molecule has 0 aromatic carbocycles. The Hall–Kier alpha value is -0.0800. The fraction of sp³-hybridized carbons (Fsp3) is 1.00. The van der Waals surface area contributed by atoms with Gasteiger partial charge in [0.1, 0.15) is 0 Å². The van der Waals surface area contributed by atoms with Gasteiger partial charge in [-0.15, -0.1) is 0 Å². The minimum atomic E-state index is 0.545. The van der Waals surface area contributed by atoms with Crippen LogP contribution in [0.4, 0.5) is 0 Å².